The first-order valence-corrected chi connectivity index (χ1v) is 14.6. The molecule has 2 fully saturated rings. The van der Waals surface area contributed by atoms with Gasteiger partial charge in [-0.3, -0.25) is 4.99 Å². The van der Waals surface area contributed by atoms with E-state index in [-0.39, 0.29) is 28.8 Å². The Morgan fingerprint density at radius 3 is 2.54 bits per heavy atom. The van der Waals surface area contributed by atoms with Crippen LogP contribution in [0.25, 0.3) is 11.8 Å². The molecule has 0 radical (unpaired) electrons. The second-order valence-electron chi connectivity index (χ2n) is 10.9. The summed E-state index contributed by atoms with van der Waals surface area (Å²) in [7, 11) is -3.01. The monoisotopic (exact) mass is 517 g/mol. The number of halogens is 1. The Morgan fingerprint density at radius 2 is 1.86 bits per heavy atom. The SMILES string of the molecule is Cc1ncn(-c2ccc(/C=C3\CC4(CN5C3=NCCC5c3ccc(F)cc3)CS(=O)(=O)C4)c3c2CC3)n1. The van der Waals surface area contributed by atoms with Gasteiger partial charge in [-0.2, -0.15) is 5.10 Å². The van der Waals surface area contributed by atoms with Gasteiger partial charge in [0, 0.05) is 18.5 Å². The highest BCUT2D eigenvalue weighted by molar-refractivity contribution is 7.92. The maximum absolute atomic E-state index is 13.7. The minimum Gasteiger partial charge on any atom is -0.349 e. The summed E-state index contributed by atoms with van der Waals surface area (Å²) in [5.74, 6) is 1.87. The Morgan fingerprint density at radius 1 is 1.08 bits per heavy atom. The smallest absolute Gasteiger partial charge is 0.151 e. The molecule has 4 aliphatic rings. The van der Waals surface area contributed by atoms with Crippen LogP contribution in [0.3, 0.4) is 0 Å². The van der Waals surface area contributed by atoms with Crippen molar-refractivity contribution in [3.63, 3.8) is 0 Å². The first-order valence-electron chi connectivity index (χ1n) is 12.8. The normalized spacial score (nSPS) is 24.2. The molecule has 1 aromatic heterocycles. The number of hydrogen-bond acceptors (Lipinski definition) is 6. The van der Waals surface area contributed by atoms with Crippen LogP contribution in [0, 0.1) is 18.2 Å². The van der Waals surface area contributed by atoms with Gasteiger partial charge in [-0.15, -0.1) is 0 Å². The second kappa shape index (κ2) is 8.08. The zero-order valence-corrected chi connectivity index (χ0v) is 21.5. The van der Waals surface area contributed by atoms with E-state index in [0.717, 1.165) is 47.7 Å². The lowest BCUT2D eigenvalue weighted by Crippen LogP contribution is -2.60. The van der Waals surface area contributed by atoms with E-state index in [4.69, 9.17) is 4.99 Å². The molecule has 7 rings (SSSR count). The van der Waals surface area contributed by atoms with Crippen molar-refractivity contribution in [2.45, 2.75) is 38.6 Å². The lowest BCUT2D eigenvalue weighted by molar-refractivity contribution is 0.167. The largest absolute Gasteiger partial charge is 0.349 e. The van der Waals surface area contributed by atoms with Crippen molar-refractivity contribution in [2.24, 2.45) is 10.4 Å². The van der Waals surface area contributed by atoms with Crippen molar-refractivity contribution in [3.8, 4) is 5.69 Å². The lowest BCUT2D eigenvalue weighted by Gasteiger charge is -2.53. The van der Waals surface area contributed by atoms with Crippen molar-refractivity contribution in [1.82, 2.24) is 19.7 Å². The number of piperidine rings is 1. The van der Waals surface area contributed by atoms with Crippen molar-refractivity contribution in [3.05, 3.63) is 82.2 Å². The van der Waals surface area contributed by atoms with Crippen LogP contribution in [0.2, 0.25) is 0 Å². The first kappa shape index (κ1) is 22.8. The van der Waals surface area contributed by atoms with E-state index in [0.29, 0.717) is 19.5 Å². The number of sulfone groups is 1. The quantitative estimate of drug-likeness (QED) is 0.527. The molecular formula is C28H28FN5O2S. The molecule has 2 aromatic carbocycles. The summed E-state index contributed by atoms with van der Waals surface area (Å²) >= 11 is 0. The summed E-state index contributed by atoms with van der Waals surface area (Å²) in [5, 5.41) is 4.49. The zero-order chi connectivity index (χ0) is 25.4. The highest BCUT2D eigenvalue weighted by Crippen LogP contribution is 2.48. The van der Waals surface area contributed by atoms with Gasteiger partial charge in [0.15, 0.2) is 9.84 Å². The molecule has 190 valence electrons. The number of aromatic nitrogens is 3. The van der Waals surface area contributed by atoms with Gasteiger partial charge < -0.3 is 4.90 Å². The highest BCUT2D eigenvalue weighted by Gasteiger charge is 2.54. The zero-order valence-electron chi connectivity index (χ0n) is 20.7. The molecule has 0 amide bonds. The van der Waals surface area contributed by atoms with Crippen LogP contribution in [0.1, 0.15) is 47.0 Å². The number of fused-ring (bicyclic) bond motifs is 2. The highest BCUT2D eigenvalue weighted by atomic mass is 32.2. The molecular weight excluding hydrogens is 489 g/mol. The fourth-order valence-electron chi connectivity index (χ4n) is 6.64. The molecule has 1 atom stereocenters. The van der Waals surface area contributed by atoms with Gasteiger partial charge in [0.1, 0.15) is 23.8 Å². The van der Waals surface area contributed by atoms with Crippen molar-refractivity contribution >= 4 is 21.7 Å². The third kappa shape index (κ3) is 3.82. The standard InChI is InChI=1S/C28H28FN5O2S/c1-18-31-17-34(32-18)26-9-4-20(23-7-8-24(23)26)12-21-13-28(15-37(35,36)16-28)14-33-25(10-11-30-27(21)33)19-2-5-22(29)6-3-19/h2-6,9,12,17,25H,7-8,10-11,13-16H2,1H3/b21-12+. The van der Waals surface area contributed by atoms with Gasteiger partial charge in [0.05, 0.1) is 23.2 Å². The summed E-state index contributed by atoms with van der Waals surface area (Å²) in [6.07, 6.45) is 7.53. The molecule has 3 aliphatic heterocycles. The molecule has 1 unspecified atom stereocenters. The average molecular weight is 518 g/mol. The summed E-state index contributed by atoms with van der Waals surface area (Å²) < 4.78 is 40.2. The van der Waals surface area contributed by atoms with Crippen LogP contribution >= 0.6 is 0 Å². The number of rotatable bonds is 3. The summed E-state index contributed by atoms with van der Waals surface area (Å²) in [6.45, 7) is 3.24. The lowest BCUT2D eigenvalue weighted by atomic mass is 9.76. The molecule has 2 saturated heterocycles. The summed E-state index contributed by atoms with van der Waals surface area (Å²) in [5.41, 5.74) is 6.70. The number of benzene rings is 2. The molecule has 0 saturated carbocycles. The molecule has 9 heteroatoms. The van der Waals surface area contributed by atoms with Crippen LogP contribution in [0.4, 0.5) is 4.39 Å². The van der Waals surface area contributed by atoms with Gasteiger partial charge >= 0.3 is 0 Å². The maximum atomic E-state index is 13.7. The van der Waals surface area contributed by atoms with Crippen molar-refractivity contribution in [1.29, 1.82) is 0 Å². The number of nitrogens with zero attached hydrogens (tertiary/aromatic N) is 5. The number of aryl methyl sites for hydroxylation is 1. The Balaban J connectivity index is 1.29. The molecule has 0 bridgehead atoms. The third-order valence-electron chi connectivity index (χ3n) is 8.23. The van der Waals surface area contributed by atoms with Gasteiger partial charge in [0.2, 0.25) is 0 Å². The van der Waals surface area contributed by atoms with Crippen LogP contribution < -0.4 is 0 Å². The molecule has 1 aliphatic carbocycles. The van der Waals surface area contributed by atoms with E-state index in [9.17, 15) is 12.8 Å². The topological polar surface area (TPSA) is 80.5 Å². The van der Waals surface area contributed by atoms with Crippen LogP contribution in [0.15, 0.2) is 53.3 Å². The van der Waals surface area contributed by atoms with Crippen molar-refractivity contribution < 1.29 is 12.8 Å². The Hall–Kier alpha value is -3.33. The molecule has 3 aromatic rings. The molecule has 7 nitrogen and oxygen atoms in total. The summed E-state index contributed by atoms with van der Waals surface area (Å²) in [6, 6.07) is 11.0. The van der Waals surface area contributed by atoms with E-state index in [1.807, 2.05) is 23.7 Å². The van der Waals surface area contributed by atoms with E-state index in [1.165, 1.54) is 28.8 Å². The van der Waals surface area contributed by atoms with Crippen LogP contribution in [-0.4, -0.2) is 58.5 Å². The Kier molecular flexibility index (Phi) is 4.99. The minimum absolute atomic E-state index is 0.0536. The van der Waals surface area contributed by atoms with E-state index in [2.05, 4.69) is 33.2 Å². The van der Waals surface area contributed by atoms with Gasteiger partial charge in [-0.25, -0.2) is 22.5 Å². The Bertz CT molecular complexity index is 1580. The fourth-order valence-corrected chi connectivity index (χ4v) is 8.80. The van der Waals surface area contributed by atoms with E-state index < -0.39 is 9.84 Å². The Labute approximate surface area is 215 Å². The first-order chi connectivity index (χ1) is 17.8. The van der Waals surface area contributed by atoms with Gasteiger partial charge in [0.25, 0.3) is 0 Å². The summed E-state index contributed by atoms with van der Waals surface area (Å²) in [4.78, 5) is 11.5. The number of hydrogen-bond donors (Lipinski definition) is 0. The second-order valence-corrected chi connectivity index (χ2v) is 13.0. The average Bonchev–Trinajstić information content (AvgIpc) is 3.25. The number of aliphatic imine (C=N–C) groups is 1. The molecule has 37 heavy (non-hydrogen) atoms. The predicted octanol–water partition coefficient (Wildman–Crippen LogP) is 3.86. The van der Waals surface area contributed by atoms with E-state index in [1.54, 1.807) is 6.33 Å². The van der Waals surface area contributed by atoms with Crippen LogP contribution in [-0.2, 0) is 22.7 Å². The molecule has 1 spiro atoms. The fraction of sp³-hybridized carbons (Fsp3) is 0.393. The third-order valence-corrected chi connectivity index (χ3v) is 10.3. The van der Waals surface area contributed by atoms with Crippen LogP contribution in [0.5, 0.6) is 0 Å². The molecule has 0 N–H and O–H groups in total. The predicted molar refractivity (Wildman–Crippen MR) is 140 cm³/mol. The van der Waals surface area contributed by atoms with E-state index >= 15 is 0 Å². The number of amidine groups is 1. The maximum Gasteiger partial charge on any atom is 0.151 e. The minimum atomic E-state index is -3.01. The van der Waals surface area contributed by atoms with Crippen molar-refractivity contribution in [2.75, 3.05) is 24.6 Å². The van der Waals surface area contributed by atoms with Gasteiger partial charge in [-0.1, -0.05) is 18.2 Å². The molecule has 4 heterocycles. The van der Waals surface area contributed by atoms with Gasteiger partial charge in [-0.05, 0) is 84.7 Å².